The second-order valence-corrected chi connectivity index (χ2v) is 2.75. The van der Waals surface area contributed by atoms with Crippen LogP contribution in [0.2, 0.25) is 0 Å². The predicted molar refractivity (Wildman–Crippen MR) is 36.5 cm³/mol. The molecule has 0 aromatic heterocycles. The molecule has 0 amide bonds. The second-order valence-electron chi connectivity index (χ2n) is 2.75. The lowest BCUT2D eigenvalue weighted by molar-refractivity contribution is -0.199. The lowest BCUT2D eigenvalue weighted by atomic mass is 9.86. The van der Waals surface area contributed by atoms with Gasteiger partial charge in [-0.05, 0) is 13.8 Å². The summed E-state index contributed by atoms with van der Waals surface area (Å²) in [6, 6.07) is 0. The predicted octanol–water partition coefficient (Wildman–Crippen LogP) is -1.34. The van der Waals surface area contributed by atoms with Crippen molar-refractivity contribution in [3.63, 3.8) is 0 Å². The smallest absolute Gasteiger partial charge is 0.339 e. The first-order valence-corrected chi connectivity index (χ1v) is 3.05. The van der Waals surface area contributed by atoms with E-state index in [0.717, 1.165) is 0 Å². The van der Waals surface area contributed by atoms with Gasteiger partial charge in [0.1, 0.15) is 0 Å². The Morgan fingerprint density at radius 1 is 0.917 bits per heavy atom. The number of hydrogen-bond acceptors (Lipinski definition) is 4. The number of aliphatic hydroxyl groups is 2. The molecule has 0 saturated carbocycles. The van der Waals surface area contributed by atoms with E-state index in [1.54, 1.807) is 0 Å². The summed E-state index contributed by atoms with van der Waals surface area (Å²) in [6.45, 7) is 1.42. The van der Waals surface area contributed by atoms with Gasteiger partial charge in [-0.15, -0.1) is 0 Å². The van der Waals surface area contributed by atoms with Crippen molar-refractivity contribution in [1.29, 1.82) is 0 Å². The Balaban J connectivity index is 5.01. The Morgan fingerprint density at radius 3 is 1.17 bits per heavy atom. The van der Waals surface area contributed by atoms with Gasteiger partial charge in [0.05, 0.1) is 0 Å². The van der Waals surface area contributed by atoms with Crippen LogP contribution in [0.1, 0.15) is 13.8 Å². The Morgan fingerprint density at radius 2 is 1.08 bits per heavy atom. The fraction of sp³-hybridized carbons (Fsp3) is 0.667. The van der Waals surface area contributed by atoms with Crippen LogP contribution < -0.4 is 0 Å². The summed E-state index contributed by atoms with van der Waals surface area (Å²) < 4.78 is 0. The highest BCUT2D eigenvalue weighted by Crippen LogP contribution is 2.22. The fourth-order valence-corrected chi connectivity index (χ4v) is 0.416. The second kappa shape index (κ2) is 2.72. The van der Waals surface area contributed by atoms with Crippen LogP contribution in [0.3, 0.4) is 0 Å². The van der Waals surface area contributed by atoms with Gasteiger partial charge in [0.15, 0.2) is 11.2 Å². The Hall–Kier alpha value is -1.14. The minimum absolute atomic E-state index is 0.712. The zero-order chi connectivity index (χ0) is 10.2. The van der Waals surface area contributed by atoms with Crippen molar-refractivity contribution >= 4 is 11.9 Å². The van der Waals surface area contributed by atoms with Crippen LogP contribution >= 0.6 is 0 Å². The van der Waals surface area contributed by atoms with E-state index in [9.17, 15) is 9.59 Å². The number of aliphatic carboxylic acids is 2. The van der Waals surface area contributed by atoms with Gasteiger partial charge < -0.3 is 20.4 Å². The van der Waals surface area contributed by atoms with Crippen LogP contribution in [0.5, 0.6) is 0 Å². The highest BCUT2D eigenvalue weighted by molar-refractivity contribution is 5.89. The molecular weight excluding hydrogens is 168 g/mol. The molecule has 70 valence electrons. The Bertz CT molecular complexity index is 192. The number of hydrogen-bond donors (Lipinski definition) is 4. The lowest BCUT2D eigenvalue weighted by Crippen LogP contribution is -2.60. The molecule has 2 atom stereocenters. The molecule has 0 spiro atoms. The minimum Gasteiger partial charge on any atom is -0.479 e. The maximum Gasteiger partial charge on any atom is 0.339 e. The maximum absolute atomic E-state index is 10.3. The highest BCUT2D eigenvalue weighted by Gasteiger charge is 2.53. The molecule has 0 saturated heterocycles. The van der Waals surface area contributed by atoms with Crippen molar-refractivity contribution in [3.8, 4) is 0 Å². The summed E-state index contributed by atoms with van der Waals surface area (Å²) in [7, 11) is 0. The summed E-state index contributed by atoms with van der Waals surface area (Å²) in [5, 5.41) is 34.8. The standard InChI is InChI=1S/C6H10O6/c1-5(11,3(7)8)6(2,12)4(9)10/h11-12H,1-2H3,(H,7,8)(H,9,10)/t5-,6?/m0/s1. The van der Waals surface area contributed by atoms with Crippen LogP contribution in [-0.4, -0.2) is 43.6 Å². The lowest BCUT2D eigenvalue weighted by Gasteiger charge is -2.30. The number of carbonyl (C=O) groups is 2. The summed E-state index contributed by atoms with van der Waals surface area (Å²) in [4.78, 5) is 20.6. The van der Waals surface area contributed by atoms with Crippen LogP contribution in [0.4, 0.5) is 0 Å². The van der Waals surface area contributed by atoms with Gasteiger partial charge >= 0.3 is 11.9 Å². The summed E-state index contributed by atoms with van der Waals surface area (Å²) in [5.74, 6) is -3.59. The first kappa shape index (κ1) is 10.9. The van der Waals surface area contributed by atoms with E-state index in [1.165, 1.54) is 0 Å². The Kier molecular flexibility index (Phi) is 2.46. The van der Waals surface area contributed by atoms with Gasteiger partial charge in [-0.3, -0.25) is 0 Å². The van der Waals surface area contributed by atoms with Crippen molar-refractivity contribution in [2.24, 2.45) is 0 Å². The highest BCUT2D eigenvalue weighted by atomic mass is 16.4. The molecule has 0 rings (SSSR count). The zero-order valence-corrected chi connectivity index (χ0v) is 6.61. The van der Waals surface area contributed by atoms with E-state index in [1.807, 2.05) is 0 Å². The molecule has 1 unspecified atom stereocenters. The third-order valence-electron chi connectivity index (χ3n) is 1.78. The van der Waals surface area contributed by atoms with Crippen molar-refractivity contribution in [1.82, 2.24) is 0 Å². The van der Waals surface area contributed by atoms with Gasteiger partial charge in [0.2, 0.25) is 0 Å². The van der Waals surface area contributed by atoms with E-state index in [4.69, 9.17) is 20.4 Å². The van der Waals surface area contributed by atoms with Gasteiger partial charge in [0.25, 0.3) is 0 Å². The van der Waals surface area contributed by atoms with E-state index in [2.05, 4.69) is 0 Å². The van der Waals surface area contributed by atoms with Crippen molar-refractivity contribution in [2.75, 3.05) is 0 Å². The van der Waals surface area contributed by atoms with E-state index >= 15 is 0 Å². The number of carboxylic acids is 2. The first-order chi connectivity index (χ1) is 5.14. The molecular formula is C6H10O6. The van der Waals surface area contributed by atoms with Gasteiger partial charge in [0, 0.05) is 0 Å². The molecule has 6 heteroatoms. The van der Waals surface area contributed by atoms with Crippen LogP contribution in [0.15, 0.2) is 0 Å². The third-order valence-corrected chi connectivity index (χ3v) is 1.78. The largest absolute Gasteiger partial charge is 0.479 e. The zero-order valence-electron chi connectivity index (χ0n) is 6.61. The normalized spacial score (nSPS) is 20.7. The van der Waals surface area contributed by atoms with E-state index in [-0.39, 0.29) is 0 Å². The molecule has 12 heavy (non-hydrogen) atoms. The molecule has 6 nitrogen and oxygen atoms in total. The monoisotopic (exact) mass is 178 g/mol. The molecule has 0 fully saturated rings. The van der Waals surface area contributed by atoms with Crippen molar-refractivity contribution in [3.05, 3.63) is 0 Å². The maximum atomic E-state index is 10.3. The molecule has 0 bridgehead atoms. The average Bonchev–Trinajstić information content (AvgIpc) is 1.86. The molecule has 0 aliphatic carbocycles. The van der Waals surface area contributed by atoms with Crippen LogP contribution in [-0.2, 0) is 9.59 Å². The molecule has 0 aliphatic heterocycles. The first-order valence-electron chi connectivity index (χ1n) is 3.05. The topological polar surface area (TPSA) is 115 Å². The van der Waals surface area contributed by atoms with Crippen molar-refractivity contribution < 1.29 is 30.0 Å². The Labute approximate surface area is 68.1 Å². The molecule has 0 aromatic carbocycles. The van der Waals surface area contributed by atoms with Gasteiger partial charge in [-0.25, -0.2) is 9.59 Å². The van der Waals surface area contributed by atoms with Gasteiger partial charge in [-0.1, -0.05) is 0 Å². The molecule has 0 aromatic rings. The summed E-state index contributed by atoms with van der Waals surface area (Å²) in [5.41, 5.74) is -5.42. The molecule has 0 aliphatic rings. The summed E-state index contributed by atoms with van der Waals surface area (Å²) >= 11 is 0. The quantitative estimate of drug-likeness (QED) is 0.425. The van der Waals surface area contributed by atoms with E-state index in [0.29, 0.717) is 13.8 Å². The summed E-state index contributed by atoms with van der Waals surface area (Å²) in [6.07, 6.45) is 0. The van der Waals surface area contributed by atoms with E-state index < -0.39 is 23.1 Å². The average molecular weight is 178 g/mol. The molecule has 0 heterocycles. The molecule has 4 N–H and O–H groups in total. The van der Waals surface area contributed by atoms with Crippen molar-refractivity contribution in [2.45, 2.75) is 25.0 Å². The number of carboxylic acid groups (broad SMARTS) is 2. The third kappa shape index (κ3) is 1.39. The number of rotatable bonds is 3. The SMILES string of the molecule is CC(O)(C(=O)O)[C@@](C)(O)C(=O)O. The molecule has 0 radical (unpaired) electrons. The fourth-order valence-electron chi connectivity index (χ4n) is 0.416. The minimum atomic E-state index is -2.71. The van der Waals surface area contributed by atoms with Gasteiger partial charge in [-0.2, -0.15) is 0 Å². The van der Waals surface area contributed by atoms with Crippen LogP contribution in [0, 0.1) is 0 Å². The van der Waals surface area contributed by atoms with Crippen LogP contribution in [0.25, 0.3) is 0 Å².